The first-order valence-corrected chi connectivity index (χ1v) is 9.45. The number of aliphatic imine (C=N–C) groups is 1. The monoisotopic (exact) mass is 482 g/mol. The minimum Gasteiger partial charge on any atom is -0.356 e. The van der Waals surface area contributed by atoms with Crippen molar-refractivity contribution in [3.8, 4) is 0 Å². The number of guanidine groups is 1. The summed E-state index contributed by atoms with van der Waals surface area (Å²) in [4.78, 5) is 11.0. The van der Waals surface area contributed by atoms with Gasteiger partial charge in [0.15, 0.2) is 5.96 Å². The van der Waals surface area contributed by atoms with E-state index in [-0.39, 0.29) is 24.0 Å². The van der Waals surface area contributed by atoms with Gasteiger partial charge in [-0.2, -0.15) is 0 Å². The van der Waals surface area contributed by atoms with Crippen LogP contribution in [0.15, 0.2) is 54.0 Å². The first kappa shape index (κ1) is 21.7. The van der Waals surface area contributed by atoms with E-state index in [4.69, 9.17) is 0 Å². The van der Waals surface area contributed by atoms with E-state index in [0.717, 1.165) is 45.0 Å². The highest BCUT2D eigenvalue weighted by atomic mass is 127. The smallest absolute Gasteiger partial charge is 0.191 e. The summed E-state index contributed by atoms with van der Waals surface area (Å²) in [5.74, 6) is 0.898. The van der Waals surface area contributed by atoms with Crippen molar-refractivity contribution in [3.63, 3.8) is 0 Å². The lowest BCUT2D eigenvalue weighted by atomic mass is 10.2. The molecule has 2 N–H and O–H groups in total. The molecule has 2 unspecified atom stereocenters. The molecule has 2 aromatic rings. The van der Waals surface area contributed by atoms with Gasteiger partial charge in [0.25, 0.3) is 0 Å². The zero-order valence-corrected chi connectivity index (χ0v) is 18.5. The first-order chi connectivity index (χ1) is 12.7. The Labute approximate surface area is 179 Å². The van der Waals surface area contributed by atoms with Gasteiger partial charge < -0.3 is 15.2 Å². The summed E-state index contributed by atoms with van der Waals surface area (Å²) in [5.41, 5.74) is 1.38. The second-order valence-corrected chi connectivity index (χ2v) is 6.99. The molecule has 148 valence electrons. The maximum absolute atomic E-state index is 4.38. The highest BCUT2D eigenvalue weighted by Gasteiger charge is 2.29. The average molecular weight is 482 g/mol. The van der Waals surface area contributed by atoms with E-state index in [1.807, 2.05) is 25.8 Å². The number of rotatable bonds is 7. The van der Waals surface area contributed by atoms with Crippen LogP contribution in [0.1, 0.15) is 25.3 Å². The molecule has 0 saturated carbocycles. The normalized spacial score (nSPS) is 20.3. The Kier molecular flexibility index (Phi) is 9.06. The molecule has 0 spiro atoms. The van der Waals surface area contributed by atoms with Gasteiger partial charge in [0, 0.05) is 57.7 Å². The van der Waals surface area contributed by atoms with Crippen LogP contribution in [0.25, 0.3) is 0 Å². The number of benzene rings is 1. The maximum Gasteiger partial charge on any atom is 0.191 e. The molecule has 3 rings (SSSR count). The molecule has 0 aliphatic carbocycles. The number of likely N-dealkylation sites (tertiary alicyclic amines) is 1. The van der Waals surface area contributed by atoms with Crippen molar-refractivity contribution in [2.45, 2.75) is 44.9 Å². The molecule has 1 saturated heterocycles. The van der Waals surface area contributed by atoms with E-state index in [0.29, 0.717) is 12.1 Å². The fraction of sp³-hybridized carbons (Fsp3) is 0.500. The highest BCUT2D eigenvalue weighted by Crippen LogP contribution is 2.20. The Balaban J connectivity index is 0.00000261. The molecule has 0 radical (unpaired) electrons. The second-order valence-electron chi connectivity index (χ2n) is 6.99. The number of halogens is 1. The minimum atomic E-state index is 0. The SMILES string of the molecule is CN=C(NCCCn1ccnc1)NC1CC(C)N(Cc2ccccc2)C1.I. The quantitative estimate of drug-likeness (QED) is 0.276. The topological polar surface area (TPSA) is 57.5 Å². The molecule has 2 atom stereocenters. The number of aromatic nitrogens is 2. The molecule has 2 heterocycles. The van der Waals surface area contributed by atoms with Crippen LogP contribution >= 0.6 is 24.0 Å². The number of imidazole rings is 1. The van der Waals surface area contributed by atoms with E-state index in [2.05, 4.69) is 67.3 Å². The van der Waals surface area contributed by atoms with Crippen molar-refractivity contribution in [2.75, 3.05) is 20.1 Å². The van der Waals surface area contributed by atoms with Gasteiger partial charge in [-0.3, -0.25) is 9.89 Å². The van der Waals surface area contributed by atoms with Crippen molar-refractivity contribution in [3.05, 3.63) is 54.6 Å². The Bertz CT molecular complexity index is 673. The average Bonchev–Trinajstić information content (AvgIpc) is 3.29. The van der Waals surface area contributed by atoms with Crippen LogP contribution in [0.3, 0.4) is 0 Å². The van der Waals surface area contributed by atoms with Crippen LogP contribution in [0, 0.1) is 0 Å². The Morgan fingerprint density at radius 3 is 2.81 bits per heavy atom. The summed E-state index contributed by atoms with van der Waals surface area (Å²) in [5, 5.41) is 7.01. The summed E-state index contributed by atoms with van der Waals surface area (Å²) in [6.45, 7) is 6.23. The zero-order chi connectivity index (χ0) is 18.2. The zero-order valence-electron chi connectivity index (χ0n) is 16.2. The largest absolute Gasteiger partial charge is 0.356 e. The molecule has 1 aliphatic rings. The molecule has 1 aliphatic heterocycles. The van der Waals surface area contributed by atoms with Crippen molar-refractivity contribution in [2.24, 2.45) is 4.99 Å². The second kappa shape index (κ2) is 11.3. The van der Waals surface area contributed by atoms with Gasteiger partial charge in [-0.05, 0) is 25.3 Å². The van der Waals surface area contributed by atoms with Gasteiger partial charge >= 0.3 is 0 Å². The van der Waals surface area contributed by atoms with Crippen LogP contribution in [-0.2, 0) is 13.1 Å². The summed E-state index contributed by atoms with van der Waals surface area (Å²) in [6, 6.07) is 11.7. The number of aryl methyl sites for hydroxylation is 1. The standard InChI is InChI=1S/C20H30N6.HI/c1-17-13-19(15-26(17)14-18-7-4-3-5-8-18)24-20(21-2)23-9-6-11-25-12-10-22-16-25;/h3-5,7-8,10,12,16-17,19H,6,9,11,13-15H2,1-2H3,(H2,21,23,24);1H. The third kappa shape index (κ3) is 6.80. The molecule has 1 aromatic heterocycles. The maximum atomic E-state index is 4.38. The number of nitrogens with one attached hydrogen (secondary N) is 2. The minimum absolute atomic E-state index is 0. The molecule has 1 aromatic carbocycles. The van der Waals surface area contributed by atoms with Crippen molar-refractivity contribution in [1.82, 2.24) is 25.1 Å². The third-order valence-corrected chi connectivity index (χ3v) is 4.94. The van der Waals surface area contributed by atoms with Gasteiger partial charge in [0.05, 0.1) is 6.33 Å². The molecular weight excluding hydrogens is 451 g/mol. The molecule has 1 fully saturated rings. The molecule has 0 bridgehead atoms. The summed E-state index contributed by atoms with van der Waals surface area (Å²) in [7, 11) is 1.84. The first-order valence-electron chi connectivity index (χ1n) is 9.45. The summed E-state index contributed by atoms with van der Waals surface area (Å²) >= 11 is 0. The Morgan fingerprint density at radius 1 is 1.30 bits per heavy atom. The van der Waals surface area contributed by atoms with Crippen LogP contribution in [0.2, 0.25) is 0 Å². The van der Waals surface area contributed by atoms with E-state index in [1.54, 1.807) is 0 Å². The van der Waals surface area contributed by atoms with E-state index in [1.165, 1.54) is 5.56 Å². The molecule has 7 heteroatoms. The van der Waals surface area contributed by atoms with Gasteiger partial charge in [0.2, 0.25) is 0 Å². The fourth-order valence-corrected chi connectivity index (χ4v) is 3.52. The van der Waals surface area contributed by atoms with Crippen molar-refractivity contribution >= 4 is 29.9 Å². The Hall–Kier alpha value is -1.61. The molecule has 6 nitrogen and oxygen atoms in total. The fourth-order valence-electron chi connectivity index (χ4n) is 3.52. The lowest BCUT2D eigenvalue weighted by Gasteiger charge is -2.21. The van der Waals surface area contributed by atoms with Gasteiger partial charge in [0.1, 0.15) is 0 Å². The Morgan fingerprint density at radius 2 is 2.11 bits per heavy atom. The van der Waals surface area contributed by atoms with Crippen LogP contribution < -0.4 is 10.6 Å². The van der Waals surface area contributed by atoms with Crippen LogP contribution in [-0.4, -0.2) is 52.6 Å². The highest BCUT2D eigenvalue weighted by molar-refractivity contribution is 14.0. The summed E-state index contributed by atoms with van der Waals surface area (Å²) < 4.78 is 2.10. The van der Waals surface area contributed by atoms with E-state index in [9.17, 15) is 0 Å². The van der Waals surface area contributed by atoms with Crippen LogP contribution in [0.5, 0.6) is 0 Å². The van der Waals surface area contributed by atoms with E-state index >= 15 is 0 Å². The van der Waals surface area contributed by atoms with Crippen molar-refractivity contribution < 1.29 is 0 Å². The van der Waals surface area contributed by atoms with E-state index < -0.39 is 0 Å². The molecular formula is C20H31IN6. The van der Waals surface area contributed by atoms with Gasteiger partial charge in [-0.25, -0.2) is 4.98 Å². The lowest BCUT2D eigenvalue weighted by molar-refractivity contribution is 0.258. The van der Waals surface area contributed by atoms with Crippen molar-refractivity contribution in [1.29, 1.82) is 0 Å². The number of nitrogens with zero attached hydrogens (tertiary/aromatic N) is 4. The van der Waals surface area contributed by atoms with Gasteiger partial charge in [-0.1, -0.05) is 30.3 Å². The van der Waals surface area contributed by atoms with Gasteiger partial charge in [-0.15, -0.1) is 24.0 Å². The lowest BCUT2D eigenvalue weighted by Crippen LogP contribution is -2.44. The van der Waals surface area contributed by atoms with Crippen LogP contribution in [0.4, 0.5) is 0 Å². The number of hydrogen-bond donors (Lipinski definition) is 2. The third-order valence-electron chi connectivity index (χ3n) is 4.94. The molecule has 27 heavy (non-hydrogen) atoms. The molecule has 0 amide bonds. The summed E-state index contributed by atoms with van der Waals surface area (Å²) in [6.07, 6.45) is 7.85. The predicted molar refractivity (Wildman–Crippen MR) is 121 cm³/mol. The predicted octanol–water partition coefficient (Wildman–Crippen LogP) is 2.72. The number of hydrogen-bond acceptors (Lipinski definition) is 3.